The zero-order valence-corrected chi connectivity index (χ0v) is 11.3. The Balaban J connectivity index is 2.25. The molecule has 0 saturated heterocycles. The van der Waals surface area contributed by atoms with Crippen molar-refractivity contribution in [3.8, 4) is 0 Å². The van der Waals surface area contributed by atoms with E-state index in [9.17, 15) is 4.79 Å². The molecule has 1 aliphatic rings. The van der Waals surface area contributed by atoms with Crippen molar-refractivity contribution in [3.63, 3.8) is 0 Å². The number of carbonyl (C=O) groups is 1. The average molecular weight is 245 g/mol. The Morgan fingerprint density at radius 2 is 2.00 bits per heavy atom. The Kier molecular flexibility index (Phi) is 4.96. The zero-order valence-electron chi connectivity index (χ0n) is 10.5. The maximum Gasteiger partial charge on any atom is 0.407 e. The van der Waals surface area contributed by atoms with Crippen LogP contribution in [0.15, 0.2) is 0 Å². The minimum atomic E-state index is -0.420. The van der Waals surface area contributed by atoms with E-state index >= 15 is 0 Å². The fourth-order valence-electron chi connectivity index (χ4n) is 1.95. The van der Waals surface area contributed by atoms with E-state index in [2.05, 4.69) is 17.9 Å². The first-order chi connectivity index (χ1) is 7.38. The third-order valence-electron chi connectivity index (χ3n) is 2.78. The molecule has 0 spiro atoms. The third kappa shape index (κ3) is 5.10. The van der Waals surface area contributed by atoms with Gasteiger partial charge in [0, 0.05) is 11.8 Å². The molecule has 0 aromatic rings. The maximum atomic E-state index is 11.4. The van der Waals surface area contributed by atoms with E-state index < -0.39 is 5.60 Å². The van der Waals surface area contributed by atoms with Crippen molar-refractivity contribution in [1.29, 1.82) is 0 Å². The SMILES string of the molecule is CC(C)(C)OC(=O)NCC1CCCCC1S. The van der Waals surface area contributed by atoms with Crippen LogP contribution in [0, 0.1) is 5.92 Å². The van der Waals surface area contributed by atoms with Crippen molar-refractivity contribution in [2.45, 2.75) is 57.3 Å². The predicted octanol–water partition coefficient (Wildman–Crippen LogP) is 3.00. The number of rotatable bonds is 2. The molecular formula is C12H23NO2S. The fraction of sp³-hybridized carbons (Fsp3) is 0.917. The highest BCUT2D eigenvalue weighted by atomic mass is 32.1. The Morgan fingerprint density at radius 1 is 1.38 bits per heavy atom. The van der Waals surface area contributed by atoms with Crippen molar-refractivity contribution < 1.29 is 9.53 Å². The zero-order chi connectivity index (χ0) is 12.2. The molecule has 3 nitrogen and oxygen atoms in total. The van der Waals surface area contributed by atoms with Crippen molar-refractivity contribution in [1.82, 2.24) is 5.32 Å². The minimum Gasteiger partial charge on any atom is -0.444 e. The van der Waals surface area contributed by atoms with Gasteiger partial charge in [-0.05, 0) is 39.5 Å². The van der Waals surface area contributed by atoms with Gasteiger partial charge in [-0.15, -0.1) is 0 Å². The summed E-state index contributed by atoms with van der Waals surface area (Å²) in [5.41, 5.74) is -0.420. The lowest BCUT2D eigenvalue weighted by Gasteiger charge is -2.28. The van der Waals surface area contributed by atoms with Crippen molar-refractivity contribution in [3.05, 3.63) is 0 Å². The van der Waals surface area contributed by atoms with Gasteiger partial charge in [-0.25, -0.2) is 4.79 Å². The molecule has 0 aromatic heterocycles. The number of nitrogens with one attached hydrogen (secondary N) is 1. The second-order valence-corrected chi connectivity index (χ2v) is 6.16. The Hall–Kier alpha value is -0.380. The molecule has 1 rings (SSSR count). The number of carbonyl (C=O) groups excluding carboxylic acids is 1. The molecule has 1 amide bonds. The van der Waals surface area contributed by atoms with Gasteiger partial charge in [-0.2, -0.15) is 12.6 Å². The quantitative estimate of drug-likeness (QED) is 0.734. The second-order valence-electron chi connectivity index (χ2n) is 5.49. The molecule has 0 radical (unpaired) electrons. The summed E-state index contributed by atoms with van der Waals surface area (Å²) >= 11 is 4.55. The van der Waals surface area contributed by atoms with Crippen LogP contribution in [0.5, 0.6) is 0 Å². The molecule has 1 aliphatic carbocycles. The minimum absolute atomic E-state index is 0.321. The lowest BCUT2D eigenvalue weighted by atomic mass is 9.89. The normalized spacial score (nSPS) is 26.2. The Bertz CT molecular complexity index is 238. The van der Waals surface area contributed by atoms with Crippen molar-refractivity contribution in [2.24, 2.45) is 5.92 Å². The first-order valence-electron chi connectivity index (χ1n) is 6.03. The first kappa shape index (κ1) is 13.7. The summed E-state index contributed by atoms with van der Waals surface area (Å²) in [5, 5.41) is 3.25. The summed E-state index contributed by atoms with van der Waals surface area (Å²) < 4.78 is 5.19. The molecule has 0 heterocycles. The summed E-state index contributed by atoms with van der Waals surface area (Å²) in [6, 6.07) is 0. The van der Waals surface area contributed by atoms with Crippen molar-refractivity contribution >= 4 is 18.7 Å². The van der Waals surface area contributed by atoms with Gasteiger partial charge in [0.15, 0.2) is 0 Å². The summed E-state index contributed by atoms with van der Waals surface area (Å²) in [6.45, 7) is 6.29. The molecule has 0 bridgehead atoms. The molecule has 2 atom stereocenters. The molecule has 1 fully saturated rings. The monoisotopic (exact) mass is 245 g/mol. The van der Waals surface area contributed by atoms with Gasteiger partial charge in [0.05, 0.1) is 0 Å². The van der Waals surface area contributed by atoms with Crippen LogP contribution < -0.4 is 5.32 Å². The number of amides is 1. The van der Waals surface area contributed by atoms with Crippen molar-refractivity contribution in [2.75, 3.05) is 6.54 Å². The van der Waals surface area contributed by atoms with Crippen LogP contribution in [0.3, 0.4) is 0 Å². The predicted molar refractivity (Wildman–Crippen MR) is 69.0 cm³/mol. The molecule has 1 N–H and O–H groups in total. The van der Waals surface area contributed by atoms with Gasteiger partial charge in [0.25, 0.3) is 0 Å². The van der Waals surface area contributed by atoms with E-state index in [4.69, 9.17) is 4.74 Å². The molecule has 1 saturated carbocycles. The highest BCUT2D eigenvalue weighted by Gasteiger charge is 2.23. The topological polar surface area (TPSA) is 38.3 Å². The summed E-state index contributed by atoms with van der Waals surface area (Å²) in [5.74, 6) is 0.490. The number of alkyl carbamates (subject to hydrolysis) is 1. The molecule has 0 aromatic carbocycles. The van der Waals surface area contributed by atoms with E-state index in [1.807, 2.05) is 20.8 Å². The van der Waals surface area contributed by atoms with Crippen LogP contribution >= 0.6 is 12.6 Å². The molecule has 94 valence electrons. The molecule has 4 heteroatoms. The van der Waals surface area contributed by atoms with Crippen LogP contribution in [0.1, 0.15) is 46.5 Å². The third-order valence-corrected chi connectivity index (χ3v) is 3.46. The largest absolute Gasteiger partial charge is 0.444 e. The highest BCUT2D eigenvalue weighted by molar-refractivity contribution is 7.81. The standard InChI is InChI=1S/C12H23NO2S/c1-12(2,3)15-11(14)13-8-9-6-4-5-7-10(9)16/h9-10,16H,4-8H2,1-3H3,(H,13,14). The summed E-state index contributed by atoms with van der Waals surface area (Å²) in [4.78, 5) is 11.4. The van der Waals surface area contributed by atoms with Crippen LogP contribution in [0.4, 0.5) is 4.79 Å². The fourth-order valence-corrected chi connectivity index (χ4v) is 2.39. The number of hydrogen-bond acceptors (Lipinski definition) is 3. The Morgan fingerprint density at radius 3 is 2.56 bits per heavy atom. The van der Waals surface area contributed by atoms with Gasteiger partial charge in [0.1, 0.15) is 5.60 Å². The molecule has 0 aliphatic heterocycles. The summed E-state index contributed by atoms with van der Waals surface area (Å²) in [7, 11) is 0. The van der Waals surface area contributed by atoms with E-state index in [0.717, 1.165) is 12.8 Å². The summed E-state index contributed by atoms with van der Waals surface area (Å²) in [6.07, 6.45) is 4.50. The van der Waals surface area contributed by atoms with Crippen LogP contribution in [-0.4, -0.2) is 23.5 Å². The van der Waals surface area contributed by atoms with Crippen LogP contribution in [0.2, 0.25) is 0 Å². The smallest absolute Gasteiger partial charge is 0.407 e. The maximum absolute atomic E-state index is 11.4. The van der Waals surface area contributed by atoms with Crippen LogP contribution in [0.25, 0.3) is 0 Å². The lowest BCUT2D eigenvalue weighted by Crippen LogP contribution is -2.38. The number of thiol groups is 1. The van der Waals surface area contributed by atoms with Gasteiger partial charge in [0.2, 0.25) is 0 Å². The molecule has 16 heavy (non-hydrogen) atoms. The lowest BCUT2D eigenvalue weighted by molar-refractivity contribution is 0.0516. The van der Waals surface area contributed by atoms with Gasteiger partial charge < -0.3 is 10.1 Å². The van der Waals surface area contributed by atoms with E-state index in [-0.39, 0.29) is 6.09 Å². The number of ether oxygens (including phenoxy) is 1. The van der Waals surface area contributed by atoms with Crippen LogP contribution in [-0.2, 0) is 4.74 Å². The van der Waals surface area contributed by atoms with E-state index in [0.29, 0.717) is 17.7 Å². The van der Waals surface area contributed by atoms with E-state index in [1.54, 1.807) is 0 Å². The second kappa shape index (κ2) is 5.80. The van der Waals surface area contributed by atoms with Gasteiger partial charge in [-0.1, -0.05) is 12.8 Å². The van der Waals surface area contributed by atoms with E-state index in [1.165, 1.54) is 12.8 Å². The average Bonchev–Trinajstić information content (AvgIpc) is 2.14. The highest BCUT2D eigenvalue weighted by Crippen LogP contribution is 2.27. The van der Waals surface area contributed by atoms with Gasteiger partial charge >= 0.3 is 6.09 Å². The first-order valence-corrected chi connectivity index (χ1v) is 6.55. The van der Waals surface area contributed by atoms with Gasteiger partial charge in [-0.3, -0.25) is 0 Å². The Labute approximate surface area is 104 Å². The number of hydrogen-bond donors (Lipinski definition) is 2. The molecular weight excluding hydrogens is 222 g/mol. The molecule has 2 unspecified atom stereocenters.